The van der Waals surface area contributed by atoms with Gasteiger partial charge in [0.1, 0.15) is 6.04 Å². The minimum atomic E-state index is -0.966. The highest BCUT2D eigenvalue weighted by molar-refractivity contribution is 7.12. The Bertz CT molecular complexity index is 991. The molecule has 0 spiro atoms. The molecule has 3 rings (SSSR count). The SMILES string of the molecule is CC(C)[C@H](NC(=O)c1cccs1)C(=O)O[C@H](C)C(=O)c1c[nH]c2ccccc12. The number of Topliss-reactive ketones (excluding diaryl/α,β-unsaturated/α-hetero) is 1. The molecule has 0 aliphatic heterocycles. The van der Waals surface area contributed by atoms with Crippen LogP contribution in [0.25, 0.3) is 10.9 Å². The summed E-state index contributed by atoms with van der Waals surface area (Å²) in [5.41, 5.74) is 1.31. The third kappa shape index (κ3) is 4.14. The van der Waals surface area contributed by atoms with Crippen LogP contribution in [0.4, 0.5) is 0 Å². The van der Waals surface area contributed by atoms with Crippen LogP contribution in [0.5, 0.6) is 0 Å². The lowest BCUT2D eigenvalue weighted by Crippen LogP contribution is -2.46. The van der Waals surface area contributed by atoms with E-state index in [1.165, 1.54) is 11.3 Å². The molecule has 0 saturated carbocycles. The van der Waals surface area contributed by atoms with Crippen molar-refractivity contribution >= 4 is 39.9 Å². The lowest BCUT2D eigenvalue weighted by atomic mass is 10.0. The molecular formula is C21H22N2O4S. The van der Waals surface area contributed by atoms with Crippen LogP contribution >= 0.6 is 11.3 Å². The number of nitrogens with one attached hydrogen (secondary N) is 2. The van der Waals surface area contributed by atoms with Crippen molar-refractivity contribution < 1.29 is 19.1 Å². The van der Waals surface area contributed by atoms with Gasteiger partial charge in [-0.3, -0.25) is 9.59 Å². The van der Waals surface area contributed by atoms with Crippen molar-refractivity contribution in [3.05, 3.63) is 58.4 Å². The van der Waals surface area contributed by atoms with E-state index in [1.54, 1.807) is 30.6 Å². The van der Waals surface area contributed by atoms with Crippen molar-refractivity contribution in [2.45, 2.75) is 32.9 Å². The number of fused-ring (bicyclic) bond motifs is 1. The molecule has 2 aromatic heterocycles. The first-order valence-electron chi connectivity index (χ1n) is 9.03. The molecular weight excluding hydrogens is 376 g/mol. The summed E-state index contributed by atoms with van der Waals surface area (Å²) < 4.78 is 5.41. The number of hydrogen-bond donors (Lipinski definition) is 2. The number of para-hydroxylation sites is 1. The second-order valence-corrected chi connectivity index (χ2v) is 7.81. The molecule has 2 N–H and O–H groups in total. The van der Waals surface area contributed by atoms with Gasteiger partial charge in [-0.15, -0.1) is 11.3 Å². The average molecular weight is 398 g/mol. The Balaban J connectivity index is 1.70. The summed E-state index contributed by atoms with van der Waals surface area (Å²) in [4.78, 5) is 41.3. The number of H-pyrrole nitrogens is 1. The number of esters is 1. The van der Waals surface area contributed by atoms with E-state index in [1.807, 2.05) is 38.1 Å². The molecule has 0 unspecified atom stereocenters. The van der Waals surface area contributed by atoms with Gasteiger partial charge < -0.3 is 15.0 Å². The number of aromatic amines is 1. The number of carbonyl (C=O) groups is 3. The van der Waals surface area contributed by atoms with Crippen LogP contribution < -0.4 is 5.32 Å². The van der Waals surface area contributed by atoms with E-state index in [0.29, 0.717) is 10.4 Å². The average Bonchev–Trinajstić information content (AvgIpc) is 3.34. The normalized spacial score (nSPS) is 13.3. The summed E-state index contributed by atoms with van der Waals surface area (Å²) in [5.74, 6) is -1.44. The smallest absolute Gasteiger partial charge is 0.329 e. The van der Waals surface area contributed by atoms with Crippen molar-refractivity contribution in [2.24, 2.45) is 5.92 Å². The molecule has 0 bridgehead atoms. The molecule has 1 aromatic carbocycles. The molecule has 1 amide bonds. The van der Waals surface area contributed by atoms with Gasteiger partial charge in [0, 0.05) is 22.7 Å². The van der Waals surface area contributed by atoms with Crippen LogP contribution in [0.2, 0.25) is 0 Å². The maximum absolute atomic E-state index is 12.8. The number of carbonyl (C=O) groups excluding carboxylic acids is 3. The highest BCUT2D eigenvalue weighted by Crippen LogP contribution is 2.20. The minimum absolute atomic E-state index is 0.188. The maximum atomic E-state index is 12.8. The second kappa shape index (κ2) is 8.39. The Labute approximate surface area is 166 Å². The van der Waals surface area contributed by atoms with Crippen molar-refractivity contribution in [1.82, 2.24) is 10.3 Å². The fourth-order valence-corrected chi connectivity index (χ4v) is 3.54. The van der Waals surface area contributed by atoms with E-state index in [2.05, 4.69) is 10.3 Å². The zero-order valence-corrected chi connectivity index (χ0v) is 16.7. The van der Waals surface area contributed by atoms with Crippen LogP contribution in [0.1, 0.15) is 40.8 Å². The van der Waals surface area contributed by atoms with Gasteiger partial charge in [-0.25, -0.2) is 4.79 Å². The van der Waals surface area contributed by atoms with E-state index < -0.39 is 18.1 Å². The molecule has 0 saturated heterocycles. The van der Waals surface area contributed by atoms with Crippen LogP contribution in [0, 0.1) is 5.92 Å². The summed E-state index contributed by atoms with van der Waals surface area (Å²) in [5, 5.41) is 5.28. The molecule has 2 atom stereocenters. The molecule has 0 fully saturated rings. The number of ether oxygens (including phenoxy) is 1. The number of benzene rings is 1. The van der Waals surface area contributed by atoms with Gasteiger partial charge in [-0.1, -0.05) is 38.1 Å². The van der Waals surface area contributed by atoms with Crippen LogP contribution in [-0.2, 0) is 9.53 Å². The first-order valence-corrected chi connectivity index (χ1v) is 9.91. The van der Waals surface area contributed by atoms with Gasteiger partial charge in [0.25, 0.3) is 5.91 Å². The highest BCUT2D eigenvalue weighted by Gasteiger charge is 2.30. The number of aromatic nitrogens is 1. The fraction of sp³-hybridized carbons (Fsp3) is 0.286. The Kier molecular flexibility index (Phi) is 5.94. The summed E-state index contributed by atoms with van der Waals surface area (Å²) in [6.45, 7) is 5.17. The quantitative estimate of drug-likeness (QED) is 0.468. The molecule has 146 valence electrons. The molecule has 6 nitrogen and oxygen atoms in total. The van der Waals surface area contributed by atoms with Gasteiger partial charge in [-0.05, 0) is 30.4 Å². The predicted octanol–water partition coefficient (Wildman–Crippen LogP) is 3.80. The topological polar surface area (TPSA) is 88.3 Å². The van der Waals surface area contributed by atoms with E-state index in [4.69, 9.17) is 4.74 Å². The van der Waals surface area contributed by atoms with Gasteiger partial charge in [0.05, 0.1) is 4.88 Å². The van der Waals surface area contributed by atoms with Crippen molar-refractivity contribution in [2.75, 3.05) is 0 Å². The maximum Gasteiger partial charge on any atom is 0.329 e. The Morgan fingerprint density at radius 2 is 1.82 bits per heavy atom. The van der Waals surface area contributed by atoms with Crippen LogP contribution in [0.3, 0.4) is 0 Å². The molecule has 0 aliphatic rings. The zero-order valence-electron chi connectivity index (χ0n) is 15.9. The summed E-state index contributed by atoms with van der Waals surface area (Å²) >= 11 is 1.29. The number of amides is 1. The molecule has 3 aromatic rings. The number of ketones is 1. The largest absolute Gasteiger partial charge is 0.453 e. The van der Waals surface area contributed by atoms with Crippen molar-refractivity contribution in [3.8, 4) is 0 Å². The third-order valence-corrected chi connectivity index (χ3v) is 5.34. The lowest BCUT2D eigenvalue weighted by molar-refractivity contribution is -0.149. The van der Waals surface area contributed by atoms with Gasteiger partial charge in [0.15, 0.2) is 6.10 Å². The van der Waals surface area contributed by atoms with Gasteiger partial charge in [0.2, 0.25) is 5.78 Å². The summed E-state index contributed by atoms with van der Waals surface area (Å²) in [7, 11) is 0. The summed E-state index contributed by atoms with van der Waals surface area (Å²) in [6, 6.07) is 10.0. The van der Waals surface area contributed by atoms with E-state index >= 15 is 0 Å². The second-order valence-electron chi connectivity index (χ2n) is 6.86. The first-order chi connectivity index (χ1) is 13.4. The number of hydrogen-bond acceptors (Lipinski definition) is 5. The minimum Gasteiger partial charge on any atom is -0.453 e. The number of rotatable bonds is 7. The Morgan fingerprint density at radius 3 is 2.50 bits per heavy atom. The summed E-state index contributed by atoms with van der Waals surface area (Å²) in [6.07, 6.45) is 0.655. The van der Waals surface area contributed by atoms with Crippen LogP contribution in [-0.4, -0.2) is 34.8 Å². The van der Waals surface area contributed by atoms with E-state index in [-0.39, 0.29) is 17.6 Å². The monoisotopic (exact) mass is 398 g/mol. The van der Waals surface area contributed by atoms with Gasteiger partial charge >= 0.3 is 5.97 Å². The number of thiophene rings is 1. The molecule has 28 heavy (non-hydrogen) atoms. The molecule has 0 radical (unpaired) electrons. The molecule has 0 aliphatic carbocycles. The molecule has 2 heterocycles. The predicted molar refractivity (Wildman–Crippen MR) is 109 cm³/mol. The lowest BCUT2D eigenvalue weighted by Gasteiger charge is -2.22. The Hall–Kier alpha value is -2.93. The van der Waals surface area contributed by atoms with Crippen LogP contribution in [0.15, 0.2) is 48.0 Å². The fourth-order valence-electron chi connectivity index (χ4n) is 2.91. The highest BCUT2D eigenvalue weighted by atomic mass is 32.1. The zero-order chi connectivity index (χ0) is 20.3. The Morgan fingerprint density at radius 1 is 1.07 bits per heavy atom. The van der Waals surface area contributed by atoms with E-state index in [0.717, 1.165) is 10.9 Å². The standard InChI is InChI=1S/C21H22N2O4S/c1-12(2)18(23-20(25)17-9-6-10-28-17)21(26)27-13(3)19(24)15-11-22-16-8-5-4-7-14(15)16/h4-13,18,22H,1-3H3,(H,23,25)/t13-,18+/m1/s1. The third-order valence-electron chi connectivity index (χ3n) is 4.47. The van der Waals surface area contributed by atoms with Crippen molar-refractivity contribution in [1.29, 1.82) is 0 Å². The first kappa shape index (κ1) is 19.8. The molecule has 7 heteroatoms. The van der Waals surface area contributed by atoms with E-state index in [9.17, 15) is 14.4 Å². The van der Waals surface area contributed by atoms with Gasteiger partial charge in [-0.2, -0.15) is 0 Å². The van der Waals surface area contributed by atoms with Crippen molar-refractivity contribution in [3.63, 3.8) is 0 Å².